The van der Waals surface area contributed by atoms with E-state index >= 15 is 0 Å². The Labute approximate surface area is 266 Å². The molecule has 0 fully saturated rings. The molecule has 232 valence electrons. The molecule has 0 radical (unpaired) electrons. The van der Waals surface area contributed by atoms with Crippen molar-refractivity contribution >= 4 is 23.3 Å². The molecule has 0 amide bonds. The molecule has 4 nitrogen and oxygen atoms in total. The molecule has 0 atom stereocenters. The number of ether oxygens (including phenoxy) is 1. The van der Waals surface area contributed by atoms with Crippen LogP contribution in [0.3, 0.4) is 0 Å². The summed E-state index contributed by atoms with van der Waals surface area (Å²) in [6, 6.07) is 25.1. The van der Waals surface area contributed by atoms with Crippen molar-refractivity contribution in [2.24, 2.45) is 0 Å². The highest BCUT2D eigenvalue weighted by Crippen LogP contribution is 2.28. The number of halogens is 3. The Hall–Kier alpha value is -4.69. The summed E-state index contributed by atoms with van der Waals surface area (Å²) in [6.07, 6.45) is 2.39. The van der Waals surface area contributed by atoms with E-state index in [1.54, 1.807) is 42.5 Å². The van der Waals surface area contributed by atoms with Crippen LogP contribution in [-0.4, -0.2) is 22.5 Å². The Bertz CT molecular complexity index is 1640. The standard InChI is InChI=1S/C37H34F3NO3S/c1-3-30(31-10-16-34(39)17-11-31)25-45-26(2)41(21-20-27-8-14-33(38)15-9-27)23-28-4-6-29(7-5-28)24-44-35-18-12-32(36(40)22-35)13-19-37(42)43/h3-12,14-18,22,25H,1-2,13,19-21,23-24H2,(H,42,43)/b30-25+. The lowest BCUT2D eigenvalue weighted by Gasteiger charge is -2.26. The van der Waals surface area contributed by atoms with Crippen molar-refractivity contribution in [3.63, 3.8) is 0 Å². The second-order valence-electron chi connectivity index (χ2n) is 10.3. The maximum atomic E-state index is 14.3. The van der Waals surface area contributed by atoms with E-state index in [4.69, 9.17) is 9.84 Å². The zero-order valence-electron chi connectivity index (χ0n) is 24.7. The third kappa shape index (κ3) is 10.5. The molecular weight excluding hydrogens is 595 g/mol. The Morgan fingerprint density at radius 2 is 1.47 bits per heavy atom. The average molecular weight is 630 g/mol. The predicted octanol–water partition coefficient (Wildman–Crippen LogP) is 9.18. The van der Waals surface area contributed by atoms with E-state index in [0.29, 0.717) is 30.8 Å². The van der Waals surface area contributed by atoms with Gasteiger partial charge < -0.3 is 14.7 Å². The van der Waals surface area contributed by atoms with Gasteiger partial charge >= 0.3 is 5.97 Å². The fourth-order valence-corrected chi connectivity index (χ4v) is 5.28. The summed E-state index contributed by atoms with van der Waals surface area (Å²) in [5, 5.41) is 11.6. The molecule has 8 heteroatoms. The van der Waals surface area contributed by atoms with Gasteiger partial charge in [0.25, 0.3) is 0 Å². The monoisotopic (exact) mass is 629 g/mol. The quantitative estimate of drug-likeness (QED) is 0.125. The van der Waals surface area contributed by atoms with Gasteiger partial charge in [-0.15, -0.1) is 0 Å². The van der Waals surface area contributed by atoms with Crippen molar-refractivity contribution in [3.05, 3.63) is 166 Å². The molecule has 0 aliphatic rings. The number of hydrogen-bond donors (Lipinski definition) is 1. The third-order valence-electron chi connectivity index (χ3n) is 7.09. The molecule has 0 heterocycles. The molecule has 4 rings (SSSR count). The number of carbonyl (C=O) groups is 1. The Kier molecular flexibility index (Phi) is 12.1. The molecule has 0 bridgehead atoms. The number of carboxylic acids is 1. The minimum atomic E-state index is -0.974. The molecule has 4 aromatic carbocycles. The Morgan fingerprint density at radius 3 is 2.09 bits per heavy atom. The minimum Gasteiger partial charge on any atom is -0.489 e. The van der Waals surface area contributed by atoms with E-state index in [0.717, 1.165) is 32.9 Å². The van der Waals surface area contributed by atoms with Gasteiger partial charge in [0.15, 0.2) is 0 Å². The van der Waals surface area contributed by atoms with E-state index in [1.807, 2.05) is 29.7 Å². The fraction of sp³-hybridized carbons (Fsp3) is 0.162. The van der Waals surface area contributed by atoms with E-state index in [2.05, 4.69) is 18.1 Å². The lowest BCUT2D eigenvalue weighted by atomic mass is 10.1. The van der Waals surface area contributed by atoms with E-state index in [-0.39, 0.29) is 31.1 Å². The number of allylic oxidation sites excluding steroid dienone is 2. The van der Waals surface area contributed by atoms with E-state index in [1.165, 1.54) is 42.1 Å². The van der Waals surface area contributed by atoms with Crippen LogP contribution in [-0.2, 0) is 30.8 Å². The first-order chi connectivity index (χ1) is 21.7. The molecule has 1 N–H and O–H groups in total. The number of thioether (sulfide) groups is 1. The number of nitrogens with zero attached hydrogens (tertiary/aromatic N) is 1. The van der Waals surface area contributed by atoms with Crippen molar-refractivity contribution in [2.75, 3.05) is 6.54 Å². The summed E-state index contributed by atoms with van der Waals surface area (Å²) in [5.74, 6) is -1.68. The molecule has 0 saturated heterocycles. The van der Waals surface area contributed by atoms with Crippen molar-refractivity contribution in [1.82, 2.24) is 4.90 Å². The van der Waals surface area contributed by atoms with Gasteiger partial charge in [-0.25, -0.2) is 13.2 Å². The number of aliphatic carboxylic acids is 1. The lowest BCUT2D eigenvalue weighted by Crippen LogP contribution is -2.23. The first-order valence-corrected chi connectivity index (χ1v) is 15.2. The zero-order chi connectivity index (χ0) is 32.2. The van der Waals surface area contributed by atoms with Crippen LogP contribution in [0.2, 0.25) is 0 Å². The summed E-state index contributed by atoms with van der Waals surface area (Å²) in [5.41, 5.74) is 4.98. The normalized spacial score (nSPS) is 11.2. The maximum Gasteiger partial charge on any atom is 0.303 e. The first-order valence-electron chi connectivity index (χ1n) is 14.3. The third-order valence-corrected chi connectivity index (χ3v) is 7.99. The highest BCUT2D eigenvalue weighted by molar-refractivity contribution is 8.05. The van der Waals surface area contributed by atoms with Gasteiger partial charge in [-0.05, 0) is 82.0 Å². The van der Waals surface area contributed by atoms with Crippen molar-refractivity contribution < 1.29 is 27.8 Å². The van der Waals surface area contributed by atoms with Crippen molar-refractivity contribution in [3.8, 4) is 5.75 Å². The molecule has 0 spiro atoms. The van der Waals surface area contributed by atoms with Crippen LogP contribution in [0.15, 0.2) is 121 Å². The molecule has 0 unspecified atom stereocenters. The highest BCUT2D eigenvalue weighted by atomic mass is 32.2. The maximum absolute atomic E-state index is 14.3. The van der Waals surface area contributed by atoms with Crippen molar-refractivity contribution in [2.45, 2.75) is 32.4 Å². The number of benzene rings is 4. The number of aryl methyl sites for hydroxylation is 1. The SMILES string of the molecule is C=C/C(=C\SC(=C)N(CCc1ccc(F)cc1)Cc1ccc(COc2ccc(CCC(=O)O)c(F)c2)cc1)c1ccc(F)cc1. The molecule has 0 aliphatic carbocycles. The zero-order valence-corrected chi connectivity index (χ0v) is 25.5. The lowest BCUT2D eigenvalue weighted by molar-refractivity contribution is -0.136. The van der Waals surface area contributed by atoms with Crippen molar-refractivity contribution in [1.29, 1.82) is 0 Å². The van der Waals surface area contributed by atoms with Crippen LogP contribution in [0.4, 0.5) is 13.2 Å². The minimum absolute atomic E-state index is 0.120. The summed E-state index contributed by atoms with van der Waals surface area (Å²) in [4.78, 5) is 12.9. The largest absolute Gasteiger partial charge is 0.489 e. The predicted molar refractivity (Wildman–Crippen MR) is 175 cm³/mol. The van der Waals surface area contributed by atoms with Gasteiger partial charge in [0, 0.05) is 25.6 Å². The summed E-state index contributed by atoms with van der Waals surface area (Å²) in [7, 11) is 0. The van der Waals surface area contributed by atoms with Gasteiger partial charge in [-0.1, -0.05) is 85.6 Å². The van der Waals surface area contributed by atoms with Gasteiger partial charge in [-0.3, -0.25) is 4.79 Å². The van der Waals surface area contributed by atoms with Gasteiger partial charge in [0.2, 0.25) is 0 Å². The summed E-state index contributed by atoms with van der Waals surface area (Å²) >= 11 is 1.45. The van der Waals surface area contributed by atoms with E-state index < -0.39 is 11.8 Å². The van der Waals surface area contributed by atoms with Crippen LogP contribution in [0.25, 0.3) is 5.57 Å². The first kappa shape index (κ1) is 33.2. The van der Waals surface area contributed by atoms with Crippen LogP contribution in [0.5, 0.6) is 5.75 Å². The van der Waals surface area contributed by atoms with Gasteiger partial charge in [-0.2, -0.15) is 0 Å². The summed E-state index contributed by atoms with van der Waals surface area (Å²) < 4.78 is 47.0. The van der Waals surface area contributed by atoms with Crippen LogP contribution < -0.4 is 4.74 Å². The Morgan fingerprint density at radius 1 is 0.844 bits per heavy atom. The van der Waals surface area contributed by atoms with Crippen LogP contribution in [0, 0.1) is 17.5 Å². The smallest absolute Gasteiger partial charge is 0.303 e. The van der Waals surface area contributed by atoms with Crippen LogP contribution in [0.1, 0.15) is 34.2 Å². The molecule has 45 heavy (non-hydrogen) atoms. The number of carboxylic acid groups (broad SMARTS) is 1. The van der Waals surface area contributed by atoms with Gasteiger partial charge in [0.1, 0.15) is 29.8 Å². The topological polar surface area (TPSA) is 49.8 Å². The average Bonchev–Trinajstić information content (AvgIpc) is 3.03. The Balaban J connectivity index is 1.41. The molecule has 0 saturated carbocycles. The molecular formula is C37H34F3NO3S. The number of hydrogen-bond acceptors (Lipinski definition) is 4. The van der Waals surface area contributed by atoms with Crippen LogP contribution >= 0.6 is 11.8 Å². The summed E-state index contributed by atoms with van der Waals surface area (Å²) in [6.45, 7) is 9.67. The highest BCUT2D eigenvalue weighted by Gasteiger charge is 2.12. The molecule has 0 aliphatic heterocycles. The van der Waals surface area contributed by atoms with Gasteiger partial charge in [0.05, 0.1) is 5.03 Å². The second-order valence-corrected chi connectivity index (χ2v) is 11.3. The van der Waals surface area contributed by atoms with E-state index in [9.17, 15) is 18.0 Å². The molecule has 4 aromatic rings. The fourth-order valence-electron chi connectivity index (χ4n) is 4.48. The second kappa shape index (κ2) is 16.4. The molecule has 0 aromatic heterocycles. The number of rotatable bonds is 16.